The average Bonchev–Trinajstić information content (AvgIpc) is 2.63. The quantitative estimate of drug-likeness (QED) is 0.873. The minimum absolute atomic E-state index is 0.194. The van der Waals surface area contributed by atoms with Crippen molar-refractivity contribution in [2.75, 3.05) is 0 Å². The van der Waals surface area contributed by atoms with Crippen LogP contribution in [0.15, 0.2) is 16.3 Å². The van der Waals surface area contributed by atoms with Crippen LogP contribution in [0.5, 0.6) is 0 Å². The van der Waals surface area contributed by atoms with Crippen LogP contribution in [0.2, 0.25) is 0 Å². The van der Waals surface area contributed by atoms with E-state index in [1.54, 1.807) is 19.9 Å². The number of carboxylic acid groups (broad SMARTS) is 1. The summed E-state index contributed by atoms with van der Waals surface area (Å²) in [6, 6.07) is 3.24. The van der Waals surface area contributed by atoms with E-state index in [4.69, 9.17) is 0 Å². The smallest absolute Gasteiger partial charge is 0.310 e. The maximum absolute atomic E-state index is 12.2. The Morgan fingerprint density at radius 1 is 1.26 bits per heavy atom. The van der Waals surface area contributed by atoms with Crippen molar-refractivity contribution in [2.45, 2.75) is 44.4 Å². The van der Waals surface area contributed by atoms with E-state index in [-0.39, 0.29) is 4.21 Å². The van der Waals surface area contributed by atoms with E-state index in [1.807, 2.05) is 6.92 Å². The molecule has 0 amide bonds. The second kappa shape index (κ2) is 4.88. The molecule has 7 heteroatoms. The van der Waals surface area contributed by atoms with Gasteiger partial charge in [-0.2, -0.15) is 0 Å². The van der Waals surface area contributed by atoms with Crippen molar-refractivity contribution < 1.29 is 18.3 Å². The van der Waals surface area contributed by atoms with Gasteiger partial charge < -0.3 is 5.11 Å². The second-order valence-corrected chi connectivity index (χ2v) is 8.72. The normalized spacial score (nSPS) is 13.5. The fourth-order valence-electron chi connectivity index (χ4n) is 1.34. The highest BCUT2D eigenvalue weighted by atomic mass is 32.2. The number of nitrogens with one attached hydrogen (secondary N) is 1. The van der Waals surface area contributed by atoms with Crippen molar-refractivity contribution in [3.8, 4) is 0 Å². The number of carbonyl (C=O) groups is 1. The number of aliphatic carboxylic acids is 1. The molecule has 2 N–H and O–H groups in total. The standard InChI is InChI=1S/C12H19NO4S2/c1-8-6-7-9(18-8)19(16,17)13-12(4,5)11(2,3)10(14)15/h6-7,13H,1-5H3,(H,14,15). The van der Waals surface area contributed by atoms with Crippen LogP contribution in [0.1, 0.15) is 32.6 Å². The SMILES string of the molecule is Cc1ccc(S(=O)(=O)NC(C)(C)C(C)(C)C(=O)O)s1. The maximum Gasteiger partial charge on any atom is 0.310 e. The Bertz CT molecular complexity index is 585. The van der Waals surface area contributed by atoms with Crippen molar-refractivity contribution in [3.05, 3.63) is 17.0 Å². The topological polar surface area (TPSA) is 83.5 Å². The maximum atomic E-state index is 12.2. The van der Waals surface area contributed by atoms with Gasteiger partial charge in [0, 0.05) is 10.4 Å². The number of sulfonamides is 1. The molecule has 0 spiro atoms. The molecule has 1 heterocycles. The Morgan fingerprint density at radius 2 is 1.79 bits per heavy atom. The van der Waals surface area contributed by atoms with Crippen LogP contribution in [0, 0.1) is 12.3 Å². The third-order valence-corrected chi connectivity index (χ3v) is 6.62. The molecule has 5 nitrogen and oxygen atoms in total. The van der Waals surface area contributed by atoms with E-state index >= 15 is 0 Å². The van der Waals surface area contributed by atoms with Gasteiger partial charge in [0.2, 0.25) is 0 Å². The molecule has 0 saturated carbocycles. The predicted molar refractivity (Wildman–Crippen MR) is 74.9 cm³/mol. The minimum atomic E-state index is -3.71. The van der Waals surface area contributed by atoms with Crippen LogP contribution in [-0.4, -0.2) is 25.0 Å². The number of rotatable bonds is 5. The monoisotopic (exact) mass is 305 g/mol. The molecular formula is C12H19NO4S2. The fraction of sp³-hybridized carbons (Fsp3) is 0.583. The summed E-state index contributed by atoms with van der Waals surface area (Å²) in [4.78, 5) is 12.1. The van der Waals surface area contributed by atoms with Crippen LogP contribution in [0.4, 0.5) is 0 Å². The van der Waals surface area contributed by atoms with E-state index in [9.17, 15) is 18.3 Å². The summed E-state index contributed by atoms with van der Waals surface area (Å²) in [6.07, 6.45) is 0. The minimum Gasteiger partial charge on any atom is -0.481 e. The predicted octanol–water partition coefficient (Wildman–Crippen LogP) is 2.22. The lowest BCUT2D eigenvalue weighted by Crippen LogP contribution is -2.56. The van der Waals surface area contributed by atoms with E-state index in [2.05, 4.69) is 4.72 Å². The highest BCUT2D eigenvalue weighted by Crippen LogP contribution is 2.33. The Hall–Kier alpha value is -0.920. The molecule has 1 rings (SSSR count). The van der Waals surface area contributed by atoms with Crippen LogP contribution in [0.3, 0.4) is 0 Å². The molecule has 0 unspecified atom stereocenters. The van der Waals surface area contributed by atoms with Gasteiger partial charge in [-0.1, -0.05) is 0 Å². The van der Waals surface area contributed by atoms with Crippen molar-refractivity contribution in [1.82, 2.24) is 4.72 Å². The largest absolute Gasteiger partial charge is 0.481 e. The summed E-state index contributed by atoms with van der Waals surface area (Å²) in [7, 11) is -3.71. The first-order valence-corrected chi connectivity index (χ1v) is 8.04. The Kier molecular flexibility index (Phi) is 4.15. The van der Waals surface area contributed by atoms with Gasteiger partial charge in [0.1, 0.15) is 4.21 Å². The lowest BCUT2D eigenvalue weighted by atomic mass is 9.75. The first-order chi connectivity index (χ1) is 8.40. The van der Waals surface area contributed by atoms with Crippen LogP contribution in [-0.2, 0) is 14.8 Å². The Morgan fingerprint density at radius 3 is 2.16 bits per heavy atom. The van der Waals surface area contributed by atoms with Gasteiger partial charge in [-0.05, 0) is 46.8 Å². The van der Waals surface area contributed by atoms with Gasteiger partial charge in [0.15, 0.2) is 0 Å². The first-order valence-electron chi connectivity index (χ1n) is 5.74. The van der Waals surface area contributed by atoms with Crippen molar-refractivity contribution in [1.29, 1.82) is 0 Å². The van der Waals surface area contributed by atoms with E-state index in [1.165, 1.54) is 19.9 Å². The molecule has 0 saturated heterocycles. The molecule has 0 atom stereocenters. The van der Waals surface area contributed by atoms with E-state index in [0.29, 0.717) is 0 Å². The third-order valence-electron chi connectivity index (χ3n) is 3.47. The van der Waals surface area contributed by atoms with Gasteiger partial charge >= 0.3 is 5.97 Å². The van der Waals surface area contributed by atoms with E-state index < -0.39 is 26.9 Å². The van der Waals surface area contributed by atoms with Crippen molar-refractivity contribution in [3.63, 3.8) is 0 Å². The molecule has 108 valence electrons. The zero-order valence-electron chi connectivity index (χ0n) is 11.6. The molecular weight excluding hydrogens is 286 g/mol. The average molecular weight is 305 g/mol. The Balaban J connectivity index is 3.11. The zero-order chi connectivity index (χ0) is 15.1. The molecule has 0 bridgehead atoms. The van der Waals surface area contributed by atoms with Crippen LogP contribution < -0.4 is 4.72 Å². The molecule has 19 heavy (non-hydrogen) atoms. The molecule has 0 aromatic carbocycles. The summed E-state index contributed by atoms with van der Waals surface area (Å²) in [5, 5.41) is 9.22. The summed E-state index contributed by atoms with van der Waals surface area (Å²) < 4.78 is 27.2. The zero-order valence-corrected chi connectivity index (χ0v) is 13.3. The second-order valence-electron chi connectivity index (χ2n) is 5.53. The molecule has 0 radical (unpaired) electrons. The number of hydrogen-bond donors (Lipinski definition) is 2. The highest BCUT2D eigenvalue weighted by molar-refractivity contribution is 7.91. The van der Waals surface area contributed by atoms with E-state index in [0.717, 1.165) is 16.2 Å². The van der Waals surface area contributed by atoms with Gasteiger partial charge in [-0.3, -0.25) is 4.79 Å². The van der Waals surface area contributed by atoms with Crippen molar-refractivity contribution in [2.24, 2.45) is 5.41 Å². The van der Waals surface area contributed by atoms with Gasteiger partial charge in [0.05, 0.1) is 5.41 Å². The first kappa shape index (κ1) is 16.1. The van der Waals surface area contributed by atoms with Crippen LogP contribution >= 0.6 is 11.3 Å². The summed E-state index contributed by atoms with van der Waals surface area (Å²) >= 11 is 1.16. The molecule has 0 aliphatic rings. The third kappa shape index (κ3) is 3.16. The molecule has 0 fully saturated rings. The van der Waals surface area contributed by atoms with Gasteiger partial charge in [-0.25, -0.2) is 13.1 Å². The fourth-order valence-corrected chi connectivity index (χ4v) is 4.16. The highest BCUT2D eigenvalue weighted by Gasteiger charge is 2.46. The van der Waals surface area contributed by atoms with Gasteiger partial charge in [0.25, 0.3) is 10.0 Å². The molecule has 0 aliphatic carbocycles. The molecule has 1 aromatic heterocycles. The molecule has 1 aromatic rings. The lowest BCUT2D eigenvalue weighted by molar-refractivity contribution is -0.150. The van der Waals surface area contributed by atoms with Crippen LogP contribution in [0.25, 0.3) is 0 Å². The summed E-state index contributed by atoms with van der Waals surface area (Å²) in [6.45, 7) is 7.95. The number of aryl methyl sites for hydroxylation is 1. The number of carboxylic acids is 1. The molecule has 0 aliphatic heterocycles. The Labute approximate surface area is 117 Å². The number of thiophene rings is 1. The van der Waals surface area contributed by atoms with Crippen molar-refractivity contribution >= 4 is 27.3 Å². The summed E-state index contributed by atoms with van der Waals surface area (Å²) in [5.74, 6) is -1.05. The number of hydrogen-bond acceptors (Lipinski definition) is 4. The lowest BCUT2D eigenvalue weighted by Gasteiger charge is -2.38. The van der Waals surface area contributed by atoms with Gasteiger partial charge in [-0.15, -0.1) is 11.3 Å². The summed E-state index contributed by atoms with van der Waals surface area (Å²) in [5.41, 5.74) is -2.35.